The summed E-state index contributed by atoms with van der Waals surface area (Å²) in [5, 5.41) is 7.61. The fraction of sp³-hybridized carbons (Fsp3) is 0. The number of rotatable bonds is 7. The molecule has 10 aromatic carbocycles. The molecule has 0 fully saturated rings. The average Bonchev–Trinajstić information content (AvgIpc) is 3.90. The molecule has 0 amide bonds. The predicted octanol–water partition coefficient (Wildman–Crippen LogP) is 16.8. The number of para-hydroxylation sites is 2. The lowest BCUT2D eigenvalue weighted by molar-refractivity contribution is 1.18. The fourth-order valence-electron chi connectivity index (χ4n) is 9.44. The van der Waals surface area contributed by atoms with Crippen LogP contribution in [0.15, 0.2) is 231 Å². The first-order valence-corrected chi connectivity index (χ1v) is 21.7. The van der Waals surface area contributed by atoms with Crippen molar-refractivity contribution in [1.82, 2.24) is 4.57 Å². The molecule has 0 aliphatic rings. The molecule has 286 valence electrons. The standard InChI is InChI=1S/C58H38N2S/c1-4-17-39(18-5-1)40-31-33-44(34-32-40)59(53-28-16-29-54-57(53)48-25-12-14-27-52(48)60(54)43-22-8-3-9-23-43)45-35-36-47(50(38-45)41-19-6-2-7-20-41)51-37-42-21-10-11-24-46(42)56-49-26-13-15-30-55(49)61-58(51)56/h1-38H. The van der Waals surface area contributed by atoms with Gasteiger partial charge in [-0.15, -0.1) is 11.3 Å². The first-order chi connectivity index (χ1) is 30.3. The molecule has 61 heavy (non-hydrogen) atoms. The number of benzene rings is 10. The fourth-order valence-corrected chi connectivity index (χ4v) is 10.7. The zero-order valence-corrected chi connectivity index (χ0v) is 34.1. The summed E-state index contributed by atoms with van der Waals surface area (Å²) in [6.45, 7) is 0. The first kappa shape index (κ1) is 35.2. The molecule has 0 spiro atoms. The third-order valence-electron chi connectivity index (χ3n) is 12.2. The van der Waals surface area contributed by atoms with Crippen molar-refractivity contribution in [3.8, 4) is 39.1 Å². The van der Waals surface area contributed by atoms with Gasteiger partial charge in [0, 0.05) is 53.6 Å². The molecular weight excluding hydrogens is 757 g/mol. The smallest absolute Gasteiger partial charge is 0.0562 e. The number of fused-ring (bicyclic) bond motifs is 8. The van der Waals surface area contributed by atoms with E-state index in [2.05, 4.69) is 240 Å². The summed E-state index contributed by atoms with van der Waals surface area (Å²) in [6.07, 6.45) is 0. The van der Waals surface area contributed by atoms with Gasteiger partial charge in [-0.2, -0.15) is 0 Å². The first-order valence-electron chi connectivity index (χ1n) is 20.8. The highest BCUT2D eigenvalue weighted by Crippen LogP contribution is 2.49. The Morgan fingerprint density at radius 2 is 0.967 bits per heavy atom. The summed E-state index contributed by atoms with van der Waals surface area (Å²) in [5.41, 5.74) is 14.0. The largest absolute Gasteiger partial charge is 0.310 e. The summed E-state index contributed by atoms with van der Waals surface area (Å²) in [5.74, 6) is 0. The van der Waals surface area contributed by atoms with Crippen molar-refractivity contribution in [2.45, 2.75) is 0 Å². The summed E-state index contributed by atoms with van der Waals surface area (Å²) < 4.78 is 5.02. The molecule has 12 aromatic rings. The number of hydrogen-bond donors (Lipinski definition) is 0. The molecule has 0 bridgehead atoms. The van der Waals surface area contributed by atoms with Crippen LogP contribution < -0.4 is 4.90 Å². The van der Waals surface area contributed by atoms with E-state index in [1.54, 1.807) is 0 Å². The number of aromatic nitrogens is 1. The van der Waals surface area contributed by atoms with E-state index in [1.165, 1.54) is 86.1 Å². The van der Waals surface area contributed by atoms with Crippen molar-refractivity contribution in [1.29, 1.82) is 0 Å². The number of anilines is 3. The lowest BCUT2D eigenvalue weighted by Crippen LogP contribution is -2.11. The molecule has 0 N–H and O–H groups in total. The molecule has 2 aromatic heterocycles. The minimum absolute atomic E-state index is 1.09. The SMILES string of the molecule is c1ccc(-c2ccc(N(c3ccc(-c4cc5ccccc5c5c4sc4ccccc45)c(-c4ccccc4)c3)c3cccc4c3c3ccccc3n4-c3ccccc3)cc2)cc1. The number of hydrogen-bond acceptors (Lipinski definition) is 2. The summed E-state index contributed by atoms with van der Waals surface area (Å²) in [7, 11) is 0. The molecule has 0 saturated heterocycles. The topological polar surface area (TPSA) is 8.17 Å². The van der Waals surface area contributed by atoms with Gasteiger partial charge in [0.2, 0.25) is 0 Å². The van der Waals surface area contributed by atoms with Crippen LogP contribution in [0, 0.1) is 0 Å². The molecule has 0 saturated carbocycles. The lowest BCUT2D eigenvalue weighted by Gasteiger charge is -2.28. The summed E-state index contributed by atoms with van der Waals surface area (Å²) in [4.78, 5) is 2.46. The van der Waals surface area contributed by atoms with Crippen LogP contribution in [0.1, 0.15) is 0 Å². The van der Waals surface area contributed by atoms with Crippen LogP contribution in [0.3, 0.4) is 0 Å². The van der Waals surface area contributed by atoms with E-state index in [1.807, 2.05) is 11.3 Å². The zero-order chi connectivity index (χ0) is 40.3. The normalized spacial score (nSPS) is 11.6. The van der Waals surface area contributed by atoms with E-state index in [0.29, 0.717) is 0 Å². The van der Waals surface area contributed by atoms with Crippen LogP contribution in [0.5, 0.6) is 0 Å². The monoisotopic (exact) mass is 794 g/mol. The lowest BCUT2D eigenvalue weighted by atomic mass is 9.90. The highest BCUT2D eigenvalue weighted by Gasteiger charge is 2.23. The highest BCUT2D eigenvalue weighted by molar-refractivity contribution is 7.26. The molecule has 0 aliphatic heterocycles. The Balaban J connectivity index is 1.14. The second-order valence-electron chi connectivity index (χ2n) is 15.7. The van der Waals surface area contributed by atoms with Gasteiger partial charge in [0.25, 0.3) is 0 Å². The van der Waals surface area contributed by atoms with Gasteiger partial charge in [0.1, 0.15) is 0 Å². The Labute approximate surface area is 358 Å². The Morgan fingerprint density at radius 1 is 0.361 bits per heavy atom. The maximum atomic E-state index is 2.46. The van der Waals surface area contributed by atoms with Crippen molar-refractivity contribution in [2.24, 2.45) is 0 Å². The molecule has 2 heterocycles. The quantitative estimate of drug-likeness (QED) is 0.156. The van der Waals surface area contributed by atoms with Crippen molar-refractivity contribution in [3.63, 3.8) is 0 Å². The van der Waals surface area contributed by atoms with Gasteiger partial charge < -0.3 is 9.47 Å². The maximum absolute atomic E-state index is 2.46. The van der Waals surface area contributed by atoms with E-state index in [4.69, 9.17) is 0 Å². The van der Waals surface area contributed by atoms with E-state index >= 15 is 0 Å². The molecule has 0 atom stereocenters. The predicted molar refractivity (Wildman–Crippen MR) is 262 cm³/mol. The van der Waals surface area contributed by atoms with Gasteiger partial charge in [-0.05, 0) is 105 Å². The number of thiophene rings is 1. The van der Waals surface area contributed by atoms with Crippen LogP contribution >= 0.6 is 11.3 Å². The van der Waals surface area contributed by atoms with Crippen molar-refractivity contribution >= 4 is 81.1 Å². The second-order valence-corrected chi connectivity index (χ2v) is 16.7. The van der Waals surface area contributed by atoms with Gasteiger partial charge in [0.15, 0.2) is 0 Å². The third kappa shape index (κ3) is 5.85. The molecule has 0 radical (unpaired) electrons. The molecular formula is C58H38N2S. The van der Waals surface area contributed by atoms with Crippen LogP contribution in [-0.2, 0) is 0 Å². The Bertz CT molecular complexity index is 3570. The highest BCUT2D eigenvalue weighted by atomic mass is 32.1. The van der Waals surface area contributed by atoms with Crippen LogP contribution in [0.25, 0.3) is 91.8 Å². The van der Waals surface area contributed by atoms with Crippen LogP contribution in [0.4, 0.5) is 17.1 Å². The average molecular weight is 795 g/mol. The van der Waals surface area contributed by atoms with Gasteiger partial charge in [0.05, 0.1) is 16.7 Å². The third-order valence-corrected chi connectivity index (χ3v) is 13.4. The summed E-state index contributed by atoms with van der Waals surface area (Å²) >= 11 is 1.90. The van der Waals surface area contributed by atoms with Crippen molar-refractivity contribution in [2.75, 3.05) is 4.90 Å². The maximum Gasteiger partial charge on any atom is 0.0562 e. The van der Waals surface area contributed by atoms with Gasteiger partial charge in [-0.25, -0.2) is 0 Å². The minimum atomic E-state index is 1.09. The van der Waals surface area contributed by atoms with Crippen molar-refractivity contribution < 1.29 is 0 Å². The summed E-state index contributed by atoms with van der Waals surface area (Å²) in [6, 6.07) is 84.1. The van der Waals surface area contributed by atoms with E-state index in [9.17, 15) is 0 Å². The van der Waals surface area contributed by atoms with E-state index in [-0.39, 0.29) is 0 Å². The molecule has 2 nitrogen and oxygen atoms in total. The van der Waals surface area contributed by atoms with Gasteiger partial charge in [-0.1, -0.05) is 164 Å². The Kier molecular flexibility index (Phi) is 8.39. The van der Waals surface area contributed by atoms with Crippen LogP contribution in [-0.4, -0.2) is 4.57 Å². The minimum Gasteiger partial charge on any atom is -0.310 e. The molecule has 0 aliphatic carbocycles. The molecule has 12 rings (SSSR count). The zero-order valence-electron chi connectivity index (χ0n) is 33.2. The Morgan fingerprint density at radius 3 is 1.75 bits per heavy atom. The van der Waals surface area contributed by atoms with Gasteiger partial charge in [-0.3, -0.25) is 0 Å². The van der Waals surface area contributed by atoms with Crippen LogP contribution in [0.2, 0.25) is 0 Å². The van der Waals surface area contributed by atoms with Gasteiger partial charge >= 0.3 is 0 Å². The van der Waals surface area contributed by atoms with Crippen molar-refractivity contribution in [3.05, 3.63) is 231 Å². The molecule has 0 unspecified atom stereocenters. The van der Waals surface area contributed by atoms with E-state index in [0.717, 1.165) is 22.7 Å². The second kappa shape index (κ2) is 14.5. The molecule has 3 heteroatoms. The Hall–Kier alpha value is -7.72. The van der Waals surface area contributed by atoms with E-state index < -0.39 is 0 Å². The number of nitrogens with zero attached hydrogens (tertiary/aromatic N) is 2.